The molecule has 0 saturated carbocycles. The molecule has 10 heteroatoms. The quantitative estimate of drug-likeness (QED) is 0.314. The zero-order chi connectivity index (χ0) is 29.8. The number of hydrogen-bond donors (Lipinski definition) is 4. The molecule has 2 aromatic carbocycles. The van der Waals surface area contributed by atoms with Gasteiger partial charge in [-0.3, -0.25) is 9.59 Å². The molecule has 10 nitrogen and oxygen atoms in total. The Balaban J connectivity index is 1.97. The first-order valence-electron chi connectivity index (χ1n) is 13.3. The van der Waals surface area contributed by atoms with Crippen molar-refractivity contribution in [2.75, 3.05) is 13.1 Å². The Hall–Kier alpha value is -4.08. The van der Waals surface area contributed by atoms with Crippen LogP contribution in [0.15, 0.2) is 60.7 Å². The number of carbonyl (C=O) groups is 4. The number of alkyl carbamates (subject to hydrolysis) is 2. The van der Waals surface area contributed by atoms with Crippen LogP contribution in [0.5, 0.6) is 0 Å². The van der Waals surface area contributed by atoms with Gasteiger partial charge in [-0.1, -0.05) is 60.7 Å². The number of amides is 4. The Morgan fingerprint density at radius 1 is 0.600 bits per heavy atom. The van der Waals surface area contributed by atoms with Gasteiger partial charge in [-0.15, -0.1) is 0 Å². The molecule has 0 aliphatic rings. The number of hydrogen-bond acceptors (Lipinski definition) is 6. The minimum absolute atomic E-state index is 0.107. The van der Waals surface area contributed by atoms with Gasteiger partial charge in [0.1, 0.15) is 23.3 Å². The van der Waals surface area contributed by atoms with Gasteiger partial charge in [0.2, 0.25) is 11.8 Å². The van der Waals surface area contributed by atoms with E-state index in [0.717, 1.165) is 11.1 Å². The fourth-order valence-corrected chi connectivity index (χ4v) is 3.64. The Labute approximate surface area is 236 Å². The summed E-state index contributed by atoms with van der Waals surface area (Å²) < 4.78 is 10.6. The third-order valence-corrected chi connectivity index (χ3v) is 5.30. The van der Waals surface area contributed by atoms with Crippen molar-refractivity contribution in [2.24, 2.45) is 0 Å². The second-order valence-electron chi connectivity index (χ2n) is 11.4. The van der Waals surface area contributed by atoms with Crippen molar-refractivity contribution in [1.82, 2.24) is 21.3 Å². The molecule has 40 heavy (non-hydrogen) atoms. The minimum atomic E-state index is -0.882. The smallest absolute Gasteiger partial charge is 0.408 e. The Kier molecular flexibility index (Phi) is 12.0. The van der Waals surface area contributed by atoms with Gasteiger partial charge < -0.3 is 30.7 Å². The average molecular weight is 555 g/mol. The van der Waals surface area contributed by atoms with Gasteiger partial charge in [0.05, 0.1) is 0 Å². The van der Waals surface area contributed by atoms with Crippen LogP contribution in [0.25, 0.3) is 0 Å². The second kappa shape index (κ2) is 14.9. The summed E-state index contributed by atoms with van der Waals surface area (Å²) in [6.45, 7) is 10.7. The number of rotatable bonds is 11. The summed E-state index contributed by atoms with van der Waals surface area (Å²) in [5.74, 6) is -0.839. The van der Waals surface area contributed by atoms with Crippen LogP contribution in [0, 0.1) is 0 Å². The first kappa shape index (κ1) is 32.1. The number of benzene rings is 2. The molecule has 0 aliphatic carbocycles. The molecule has 2 rings (SSSR count). The molecular formula is C30H42N4O6. The largest absolute Gasteiger partial charge is 0.444 e. The van der Waals surface area contributed by atoms with Crippen LogP contribution >= 0.6 is 0 Å². The summed E-state index contributed by atoms with van der Waals surface area (Å²) in [6, 6.07) is 16.8. The van der Waals surface area contributed by atoms with Crippen molar-refractivity contribution in [2.45, 2.75) is 77.7 Å². The van der Waals surface area contributed by atoms with Gasteiger partial charge >= 0.3 is 12.2 Å². The maximum absolute atomic E-state index is 13.0. The maximum Gasteiger partial charge on any atom is 0.408 e. The lowest BCUT2D eigenvalue weighted by molar-refractivity contribution is -0.124. The van der Waals surface area contributed by atoms with E-state index in [0.29, 0.717) is 0 Å². The Morgan fingerprint density at radius 3 is 1.23 bits per heavy atom. The molecule has 0 radical (unpaired) electrons. The molecule has 218 valence electrons. The third-order valence-electron chi connectivity index (χ3n) is 5.30. The van der Waals surface area contributed by atoms with Crippen molar-refractivity contribution in [1.29, 1.82) is 0 Å². The van der Waals surface area contributed by atoms with E-state index in [1.807, 2.05) is 60.7 Å². The molecule has 0 unspecified atom stereocenters. The summed E-state index contributed by atoms with van der Waals surface area (Å²) in [5, 5.41) is 10.8. The summed E-state index contributed by atoms with van der Waals surface area (Å²) in [6.07, 6.45) is -0.878. The normalized spacial score (nSPS) is 12.8. The number of nitrogens with one attached hydrogen (secondary N) is 4. The van der Waals surface area contributed by atoms with E-state index in [1.165, 1.54) is 0 Å². The first-order chi connectivity index (χ1) is 18.7. The maximum atomic E-state index is 13.0. The molecular weight excluding hydrogens is 512 g/mol. The molecule has 4 N–H and O–H groups in total. The van der Waals surface area contributed by atoms with Gasteiger partial charge in [-0.25, -0.2) is 9.59 Å². The van der Waals surface area contributed by atoms with Crippen molar-refractivity contribution in [3.8, 4) is 0 Å². The monoisotopic (exact) mass is 554 g/mol. The van der Waals surface area contributed by atoms with Gasteiger partial charge in [0.15, 0.2) is 0 Å². The summed E-state index contributed by atoms with van der Waals surface area (Å²) in [7, 11) is 0. The lowest BCUT2D eigenvalue weighted by atomic mass is 10.1. The van der Waals surface area contributed by atoms with Crippen LogP contribution in [0.2, 0.25) is 0 Å². The fraction of sp³-hybridized carbons (Fsp3) is 0.467. The van der Waals surface area contributed by atoms with Crippen molar-refractivity contribution >= 4 is 24.0 Å². The molecule has 0 spiro atoms. The lowest BCUT2D eigenvalue weighted by Crippen LogP contribution is -2.52. The third kappa shape index (κ3) is 13.1. The van der Waals surface area contributed by atoms with Crippen molar-refractivity contribution < 1.29 is 28.7 Å². The predicted molar refractivity (Wildman–Crippen MR) is 153 cm³/mol. The van der Waals surface area contributed by atoms with E-state index in [-0.39, 0.29) is 25.9 Å². The van der Waals surface area contributed by atoms with E-state index in [4.69, 9.17) is 9.47 Å². The lowest BCUT2D eigenvalue weighted by Gasteiger charge is -2.24. The van der Waals surface area contributed by atoms with Crippen molar-refractivity contribution in [3.05, 3.63) is 71.8 Å². The summed E-state index contributed by atoms with van der Waals surface area (Å²) in [4.78, 5) is 50.7. The van der Waals surface area contributed by atoms with Crippen LogP contribution in [-0.4, -0.2) is 60.4 Å². The van der Waals surface area contributed by atoms with Gasteiger partial charge in [0.25, 0.3) is 0 Å². The van der Waals surface area contributed by atoms with Gasteiger partial charge in [-0.05, 0) is 52.7 Å². The fourth-order valence-electron chi connectivity index (χ4n) is 3.64. The number of ether oxygens (including phenoxy) is 2. The topological polar surface area (TPSA) is 135 Å². The molecule has 0 fully saturated rings. The van der Waals surface area contributed by atoms with Crippen LogP contribution in [0.1, 0.15) is 52.7 Å². The standard InChI is InChI=1S/C30H42N4O6/c1-29(2,3)39-27(37)33-23(19-21-13-9-7-10-14-21)25(35)31-17-18-32-26(36)24(20-22-15-11-8-12-16-22)34-28(38)40-30(4,5)6/h7-16,23-24H,17-20H2,1-6H3,(H,31,35)(H,32,36)(H,33,37)(H,34,38)/t23-,24-/m1/s1. The van der Waals surface area contributed by atoms with E-state index < -0.39 is 47.3 Å². The molecule has 0 bridgehead atoms. The van der Waals surface area contributed by atoms with Crippen LogP contribution in [0.4, 0.5) is 9.59 Å². The summed E-state index contributed by atoms with van der Waals surface area (Å²) >= 11 is 0. The highest BCUT2D eigenvalue weighted by molar-refractivity contribution is 5.87. The van der Waals surface area contributed by atoms with Crippen LogP contribution in [0.3, 0.4) is 0 Å². The predicted octanol–water partition coefficient (Wildman–Crippen LogP) is 3.49. The zero-order valence-electron chi connectivity index (χ0n) is 24.2. The average Bonchev–Trinajstić information content (AvgIpc) is 2.84. The number of carbonyl (C=O) groups excluding carboxylic acids is 4. The second-order valence-corrected chi connectivity index (χ2v) is 11.4. The van der Waals surface area contributed by atoms with Crippen molar-refractivity contribution in [3.63, 3.8) is 0 Å². The molecule has 4 amide bonds. The first-order valence-corrected chi connectivity index (χ1v) is 13.3. The Morgan fingerprint density at radius 2 is 0.925 bits per heavy atom. The zero-order valence-corrected chi connectivity index (χ0v) is 24.2. The van der Waals surface area contributed by atoms with Gasteiger partial charge in [-0.2, -0.15) is 0 Å². The summed E-state index contributed by atoms with van der Waals surface area (Å²) in [5.41, 5.74) is 0.297. The molecule has 0 saturated heterocycles. The van der Waals surface area contributed by atoms with Crippen LogP contribution in [-0.2, 0) is 31.9 Å². The SMILES string of the molecule is CC(C)(C)OC(=O)N[C@H](Cc1ccccc1)C(=O)NCCNC(=O)[C@@H](Cc1ccccc1)NC(=O)OC(C)(C)C. The van der Waals surface area contributed by atoms with E-state index in [2.05, 4.69) is 21.3 Å². The van der Waals surface area contributed by atoms with Crippen LogP contribution < -0.4 is 21.3 Å². The minimum Gasteiger partial charge on any atom is -0.444 e. The van der Waals surface area contributed by atoms with E-state index in [1.54, 1.807) is 41.5 Å². The van der Waals surface area contributed by atoms with E-state index >= 15 is 0 Å². The highest BCUT2D eigenvalue weighted by Crippen LogP contribution is 2.10. The highest BCUT2D eigenvalue weighted by Gasteiger charge is 2.26. The van der Waals surface area contributed by atoms with Gasteiger partial charge in [0, 0.05) is 25.9 Å². The molecule has 2 atom stereocenters. The van der Waals surface area contributed by atoms with E-state index in [9.17, 15) is 19.2 Å². The highest BCUT2D eigenvalue weighted by atomic mass is 16.6. The molecule has 0 heterocycles. The molecule has 0 aliphatic heterocycles. The molecule has 0 aromatic heterocycles. The molecule has 2 aromatic rings. The Bertz CT molecular complexity index is 1020.